The number of nitrogens with two attached hydrogens (primary N) is 1. The van der Waals surface area contributed by atoms with E-state index in [4.69, 9.17) is 5.73 Å². The number of nitrogens with zero attached hydrogens (tertiary/aromatic N) is 1. The fourth-order valence-corrected chi connectivity index (χ4v) is 2.06. The van der Waals surface area contributed by atoms with Crippen LogP contribution in [-0.2, 0) is 0 Å². The summed E-state index contributed by atoms with van der Waals surface area (Å²) in [6, 6.07) is 10.2. The molecule has 0 radical (unpaired) electrons. The third-order valence-electron chi connectivity index (χ3n) is 2.93. The maximum Gasteiger partial charge on any atom is 0.0679 e. The number of aliphatic hydroxyl groups is 1. The molecule has 0 aromatic heterocycles. The van der Waals surface area contributed by atoms with Gasteiger partial charge in [-0.2, -0.15) is 27.0 Å². The molecule has 5 heteroatoms. The van der Waals surface area contributed by atoms with Gasteiger partial charge in [0.15, 0.2) is 0 Å². The molecule has 17 heavy (non-hydrogen) atoms. The molecule has 98 valence electrons. The third-order valence-corrected chi connectivity index (χ3v) is 2.93. The number of β-amino-alcohol motifs (C(OH)–C–C–N with tert-alkyl or cyclic N) is 1. The van der Waals surface area contributed by atoms with Crippen molar-refractivity contribution in [1.29, 1.82) is 0 Å². The number of hydrogen-bond acceptors (Lipinski definition) is 3. The molecule has 0 unspecified atom stereocenters. The Morgan fingerprint density at radius 1 is 1.29 bits per heavy atom. The van der Waals surface area contributed by atoms with E-state index in [1.165, 1.54) is 5.56 Å². The zero-order valence-electron chi connectivity index (χ0n) is 9.84. The molecule has 0 aliphatic carbocycles. The summed E-state index contributed by atoms with van der Waals surface area (Å²) in [5.41, 5.74) is 7.26. The minimum absolute atomic E-state index is 0. The van der Waals surface area contributed by atoms with Crippen LogP contribution in [-0.4, -0.2) is 35.7 Å². The van der Waals surface area contributed by atoms with Crippen molar-refractivity contribution in [2.24, 2.45) is 5.73 Å². The van der Waals surface area contributed by atoms with Crippen LogP contribution in [0.3, 0.4) is 0 Å². The van der Waals surface area contributed by atoms with Crippen molar-refractivity contribution in [2.75, 3.05) is 19.6 Å². The fourth-order valence-electron chi connectivity index (χ4n) is 2.06. The quantitative estimate of drug-likeness (QED) is 0.864. The predicted octanol–water partition coefficient (Wildman–Crippen LogP) is 0.979. The molecule has 1 aliphatic rings. The Kier molecular flexibility index (Phi) is 7.91. The average Bonchev–Trinajstić information content (AvgIpc) is 2.65. The van der Waals surface area contributed by atoms with Crippen molar-refractivity contribution < 1.29 is 5.11 Å². The van der Waals surface area contributed by atoms with Crippen molar-refractivity contribution in [3.8, 4) is 0 Å². The van der Waals surface area contributed by atoms with Crippen LogP contribution < -0.4 is 5.73 Å². The normalized spacial score (nSPS) is 21.4. The second kappa shape index (κ2) is 8.00. The first-order valence-electron chi connectivity index (χ1n) is 5.46. The molecule has 3 nitrogen and oxygen atoms in total. The van der Waals surface area contributed by atoms with Gasteiger partial charge in [-0.05, 0) is 12.0 Å². The molecule has 1 saturated heterocycles. The highest BCUT2D eigenvalue weighted by Crippen LogP contribution is 2.15. The lowest BCUT2D eigenvalue weighted by molar-refractivity contribution is 0.174. The van der Waals surface area contributed by atoms with Gasteiger partial charge in [0.05, 0.1) is 6.10 Å². The molecule has 0 amide bonds. The molecule has 0 bridgehead atoms. The summed E-state index contributed by atoms with van der Waals surface area (Å²) in [6.45, 7) is 2.56. The molecule has 1 aromatic rings. The van der Waals surface area contributed by atoms with Crippen molar-refractivity contribution in [1.82, 2.24) is 4.90 Å². The molecule has 1 aliphatic heterocycles. The Labute approximate surface area is 117 Å². The lowest BCUT2D eigenvalue weighted by atomic mass is 10.1. The van der Waals surface area contributed by atoms with Gasteiger partial charge in [0.1, 0.15) is 0 Å². The van der Waals surface area contributed by atoms with Crippen molar-refractivity contribution in [2.45, 2.75) is 18.6 Å². The minimum Gasteiger partial charge on any atom is -0.392 e. The molecular formula is C12H22N2OS2. The predicted molar refractivity (Wildman–Crippen MR) is 81.2 cm³/mol. The summed E-state index contributed by atoms with van der Waals surface area (Å²) in [6.07, 6.45) is 0.717. The second-order valence-electron chi connectivity index (χ2n) is 4.22. The molecule has 1 heterocycles. The van der Waals surface area contributed by atoms with Crippen molar-refractivity contribution in [3.05, 3.63) is 35.9 Å². The molecule has 0 spiro atoms. The van der Waals surface area contributed by atoms with Crippen molar-refractivity contribution in [3.63, 3.8) is 0 Å². The average molecular weight is 274 g/mol. The van der Waals surface area contributed by atoms with Gasteiger partial charge in [0.25, 0.3) is 0 Å². The SMILES string of the molecule is N[C@H](CN1CC[C@@H](O)C1)c1ccccc1.S.S. The van der Waals surface area contributed by atoms with Crippen LogP contribution in [0, 0.1) is 0 Å². The highest BCUT2D eigenvalue weighted by molar-refractivity contribution is 7.59. The second-order valence-corrected chi connectivity index (χ2v) is 4.22. The third kappa shape index (κ3) is 4.89. The maximum absolute atomic E-state index is 9.40. The van der Waals surface area contributed by atoms with E-state index in [1.54, 1.807) is 0 Å². The van der Waals surface area contributed by atoms with Gasteiger partial charge in [-0.15, -0.1) is 0 Å². The Bertz CT molecular complexity index is 311. The highest BCUT2D eigenvalue weighted by atomic mass is 32.1. The molecule has 1 fully saturated rings. The standard InChI is InChI=1S/C12H18N2O.2H2S/c13-12(10-4-2-1-3-5-10)9-14-7-6-11(15)8-14;;/h1-5,11-12,15H,6-9,13H2;2*1H2/t11-,12-;;/m1../s1. The summed E-state index contributed by atoms with van der Waals surface area (Å²) in [7, 11) is 0. The summed E-state index contributed by atoms with van der Waals surface area (Å²) >= 11 is 0. The molecular weight excluding hydrogens is 252 g/mol. The smallest absolute Gasteiger partial charge is 0.0679 e. The Morgan fingerprint density at radius 3 is 2.47 bits per heavy atom. The van der Waals surface area contributed by atoms with Crippen LogP contribution in [0.25, 0.3) is 0 Å². The molecule has 2 atom stereocenters. The molecule has 1 aromatic carbocycles. The van der Waals surface area contributed by atoms with Crippen LogP contribution in [0.1, 0.15) is 18.0 Å². The lowest BCUT2D eigenvalue weighted by Crippen LogP contribution is -2.31. The van der Waals surface area contributed by atoms with Gasteiger partial charge in [0, 0.05) is 25.7 Å². The van der Waals surface area contributed by atoms with Gasteiger partial charge in [0.2, 0.25) is 0 Å². The Morgan fingerprint density at radius 2 is 1.94 bits per heavy atom. The van der Waals surface area contributed by atoms with Gasteiger partial charge in [-0.25, -0.2) is 0 Å². The number of hydrogen-bond donors (Lipinski definition) is 2. The lowest BCUT2D eigenvalue weighted by Gasteiger charge is -2.20. The summed E-state index contributed by atoms with van der Waals surface area (Å²) in [5, 5.41) is 9.40. The van der Waals surface area contributed by atoms with Crippen molar-refractivity contribution >= 4 is 27.0 Å². The summed E-state index contributed by atoms with van der Waals surface area (Å²) < 4.78 is 0. The van der Waals surface area contributed by atoms with E-state index in [-0.39, 0.29) is 39.1 Å². The van der Waals surface area contributed by atoms with Crippen LogP contribution in [0.5, 0.6) is 0 Å². The zero-order valence-corrected chi connectivity index (χ0v) is 11.8. The van der Waals surface area contributed by atoms with E-state index in [0.717, 1.165) is 26.1 Å². The number of likely N-dealkylation sites (tertiary alicyclic amines) is 1. The number of rotatable bonds is 3. The minimum atomic E-state index is -0.159. The number of benzene rings is 1. The van der Waals surface area contributed by atoms with E-state index in [0.29, 0.717) is 0 Å². The van der Waals surface area contributed by atoms with Gasteiger partial charge >= 0.3 is 0 Å². The van der Waals surface area contributed by atoms with Crippen LogP contribution in [0.4, 0.5) is 0 Å². The van der Waals surface area contributed by atoms with Crippen LogP contribution in [0.2, 0.25) is 0 Å². The maximum atomic E-state index is 9.40. The topological polar surface area (TPSA) is 49.5 Å². The van der Waals surface area contributed by atoms with E-state index < -0.39 is 0 Å². The van der Waals surface area contributed by atoms with Gasteiger partial charge in [-0.3, -0.25) is 4.90 Å². The monoisotopic (exact) mass is 274 g/mol. The first-order valence-corrected chi connectivity index (χ1v) is 5.46. The first-order chi connectivity index (χ1) is 7.25. The van der Waals surface area contributed by atoms with E-state index in [1.807, 2.05) is 18.2 Å². The van der Waals surface area contributed by atoms with Gasteiger partial charge in [-0.1, -0.05) is 30.3 Å². The van der Waals surface area contributed by atoms with E-state index in [9.17, 15) is 5.11 Å². The molecule has 3 N–H and O–H groups in total. The van der Waals surface area contributed by atoms with Gasteiger partial charge < -0.3 is 10.8 Å². The zero-order chi connectivity index (χ0) is 10.7. The first kappa shape index (κ1) is 16.8. The molecule has 0 saturated carbocycles. The molecule has 2 rings (SSSR count). The van der Waals surface area contributed by atoms with E-state index in [2.05, 4.69) is 17.0 Å². The fraction of sp³-hybridized carbons (Fsp3) is 0.500. The Hall–Kier alpha value is -0.200. The number of aliphatic hydroxyl groups excluding tert-OH is 1. The summed E-state index contributed by atoms with van der Waals surface area (Å²) in [5.74, 6) is 0. The highest BCUT2D eigenvalue weighted by Gasteiger charge is 2.21. The summed E-state index contributed by atoms with van der Waals surface area (Å²) in [4.78, 5) is 2.22. The largest absolute Gasteiger partial charge is 0.392 e. The van der Waals surface area contributed by atoms with E-state index >= 15 is 0 Å². The Balaban J connectivity index is 0.00000128. The van der Waals surface area contributed by atoms with Crippen LogP contribution in [0.15, 0.2) is 30.3 Å². The van der Waals surface area contributed by atoms with Crippen LogP contribution >= 0.6 is 27.0 Å².